The molecule has 8 nitrogen and oxygen atoms in total. The molecule has 0 spiro atoms. The van der Waals surface area contributed by atoms with Crippen LogP contribution in [0.1, 0.15) is 48.2 Å². The number of hydrogen-bond acceptors (Lipinski definition) is 6. The quantitative estimate of drug-likeness (QED) is 0.646. The van der Waals surface area contributed by atoms with E-state index in [2.05, 4.69) is 10.1 Å². The van der Waals surface area contributed by atoms with Crippen LogP contribution in [0.15, 0.2) is 56.5 Å². The summed E-state index contributed by atoms with van der Waals surface area (Å²) in [6.07, 6.45) is 7.27. The van der Waals surface area contributed by atoms with Crippen molar-refractivity contribution in [2.75, 3.05) is 0 Å². The van der Waals surface area contributed by atoms with Crippen molar-refractivity contribution in [3.63, 3.8) is 0 Å². The standard InChI is InChI=1S/C23H20N4O4S/c24-19-17(12-16-10-11-18(31-16)13-6-8-15(9-7-13)22(29)30)20(28)25-23-27(19)26-21(32-23)14-4-2-1-3-5-14/h6-12,14,24H,1-5H2,(H,29,30)/b17-12-,24-19?. The number of carboxylic acids is 1. The van der Waals surface area contributed by atoms with Gasteiger partial charge in [0.2, 0.25) is 5.17 Å². The zero-order chi connectivity index (χ0) is 22.2. The van der Waals surface area contributed by atoms with Crippen molar-refractivity contribution in [3.8, 4) is 11.3 Å². The first-order valence-corrected chi connectivity index (χ1v) is 11.2. The summed E-state index contributed by atoms with van der Waals surface area (Å²) in [5, 5.41) is 25.0. The summed E-state index contributed by atoms with van der Waals surface area (Å²) in [6, 6.07) is 9.75. The molecule has 0 unspecified atom stereocenters. The molecular formula is C23H20N4O4S. The number of carbonyl (C=O) groups is 2. The van der Waals surface area contributed by atoms with Gasteiger partial charge in [0.1, 0.15) is 16.6 Å². The van der Waals surface area contributed by atoms with Crippen LogP contribution < -0.4 is 0 Å². The van der Waals surface area contributed by atoms with Gasteiger partial charge < -0.3 is 9.52 Å². The molecule has 3 aliphatic rings. The molecule has 1 aliphatic carbocycles. The molecule has 2 N–H and O–H groups in total. The number of amides is 1. The molecule has 0 saturated heterocycles. The summed E-state index contributed by atoms with van der Waals surface area (Å²) in [6.45, 7) is 0. The molecule has 1 aromatic carbocycles. The first-order valence-electron chi connectivity index (χ1n) is 10.4. The third-order valence-electron chi connectivity index (χ3n) is 5.75. The normalized spacial score (nSPS) is 20.4. The van der Waals surface area contributed by atoms with Crippen LogP contribution in [0.3, 0.4) is 0 Å². The Bertz CT molecular complexity index is 1200. The summed E-state index contributed by atoms with van der Waals surface area (Å²) in [7, 11) is 0. The monoisotopic (exact) mass is 448 g/mol. The second-order valence-electron chi connectivity index (χ2n) is 7.88. The van der Waals surface area contributed by atoms with E-state index in [1.807, 2.05) is 0 Å². The minimum absolute atomic E-state index is 0.0120. The molecule has 0 radical (unpaired) electrons. The van der Waals surface area contributed by atoms with Gasteiger partial charge in [0.25, 0.3) is 5.91 Å². The van der Waals surface area contributed by atoms with Gasteiger partial charge in [0, 0.05) is 11.5 Å². The van der Waals surface area contributed by atoms with Crippen LogP contribution in [0.4, 0.5) is 0 Å². The Morgan fingerprint density at radius 1 is 1.16 bits per heavy atom. The van der Waals surface area contributed by atoms with Gasteiger partial charge in [-0.25, -0.2) is 4.79 Å². The summed E-state index contributed by atoms with van der Waals surface area (Å²) in [5.74, 6) is -0.193. The van der Waals surface area contributed by atoms with Gasteiger partial charge in [-0.1, -0.05) is 31.4 Å². The third-order valence-corrected chi connectivity index (χ3v) is 6.83. The maximum atomic E-state index is 12.6. The Balaban J connectivity index is 1.38. The van der Waals surface area contributed by atoms with Gasteiger partial charge in [-0.2, -0.15) is 15.1 Å². The Hall–Kier alpha value is -3.46. The van der Waals surface area contributed by atoms with Crippen molar-refractivity contribution >= 4 is 45.8 Å². The van der Waals surface area contributed by atoms with Crippen molar-refractivity contribution < 1.29 is 19.1 Å². The average Bonchev–Trinajstić information content (AvgIpc) is 3.45. The first kappa shape index (κ1) is 20.4. The highest BCUT2D eigenvalue weighted by atomic mass is 32.2. The van der Waals surface area contributed by atoms with Gasteiger partial charge in [0.05, 0.1) is 11.1 Å². The fourth-order valence-corrected chi connectivity index (χ4v) is 5.09. The van der Waals surface area contributed by atoms with Crippen LogP contribution in [0.2, 0.25) is 0 Å². The van der Waals surface area contributed by atoms with Crippen LogP contribution in [0.5, 0.6) is 0 Å². The van der Waals surface area contributed by atoms with E-state index in [9.17, 15) is 9.59 Å². The average molecular weight is 449 g/mol. The van der Waals surface area contributed by atoms with Crippen LogP contribution in [-0.2, 0) is 4.79 Å². The number of nitrogens with zero attached hydrogens (tertiary/aromatic N) is 3. The predicted molar refractivity (Wildman–Crippen MR) is 123 cm³/mol. The Kier molecular flexibility index (Phi) is 5.26. The number of furan rings is 1. The predicted octanol–water partition coefficient (Wildman–Crippen LogP) is 4.84. The molecule has 5 rings (SSSR count). The van der Waals surface area contributed by atoms with E-state index in [0.29, 0.717) is 28.2 Å². The number of aliphatic imine (C=N–C) groups is 1. The van der Waals surface area contributed by atoms with Crippen LogP contribution >= 0.6 is 11.8 Å². The Morgan fingerprint density at radius 3 is 2.62 bits per heavy atom. The molecule has 2 aliphatic heterocycles. The molecule has 0 bridgehead atoms. The van der Waals surface area contributed by atoms with Crippen molar-refractivity contribution in [1.29, 1.82) is 5.41 Å². The minimum Gasteiger partial charge on any atom is -0.478 e. The number of fused-ring (bicyclic) bond motifs is 1. The molecule has 1 saturated carbocycles. The smallest absolute Gasteiger partial charge is 0.335 e. The number of benzene rings is 1. The SMILES string of the molecule is N=C1/C(=C/c2ccc(-c3ccc(C(=O)O)cc3)o2)C(=O)N=C2SC(C3CCCCC3)=NN12. The van der Waals surface area contributed by atoms with Gasteiger partial charge in [-0.3, -0.25) is 10.2 Å². The maximum absolute atomic E-state index is 12.6. The van der Waals surface area contributed by atoms with Crippen molar-refractivity contribution in [2.45, 2.75) is 32.1 Å². The second-order valence-corrected chi connectivity index (χ2v) is 8.87. The molecular weight excluding hydrogens is 428 g/mol. The molecule has 32 heavy (non-hydrogen) atoms. The van der Waals surface area contributed by atoms with E-state index in [0.717, 1.165) is 17.9 Å². The van der Waals surface area contributed by atoms with E-state index in [1.54, 1.807) is 24.3 Å². The molecule has 162 valence electrons. The molecule has 9 heteroatoms. The van der Waals surface area contributed by atoms with E-state index >= 15 is 0 Å². The van der Waals surface area contributed by atoms with Crippen molar-refractivity contribution in [2.24, 2.45) is 16.0 Å². The number of nitrogens with one attached hydrogen (secondary N) is 1. The van der Waals surface area contributed by atoms with Gasteiger partial charge >= 0.3 is 5.97 Å². The highest BCUT2D eigenvalue weighted by Gasteiger charge is 2.38. The zero-order valence-electron chi connectivity index (χ0n) is 17.1. The van der Waals surface area contributed by atoms with Crippen LogP contribution in [0, 0.1) is 11.3 Å². The first-order chi connectivity index (χ1) is 15.5. The lowest BCUT2D eigenvalue weighted by Gasteiger charge is -2.20. The van der Waals surface area contributed by atoms with Crippen molar-refractivity contribution in [1.82, 2.24) is 5.01 Å². The highest BCUT2D eigenvalue weighted by Crippen LogP contribution is 2.36. The lowest BCUT2D eigenvalue weighted by molar-refractivity contribution is -0.114. The Labute approximate surface area is 188 Å². The summed E-state index contributed by atoms with van der Waals surface area (Å²) < 4.78 is 5.82. The topological polar surface area (TPSA) is 119 Å². The molecule has 1 aromatic heterocycles. The summed E-state index contributed by atoms with van der Waals surface area (Å²) >= 11 is 1.39. The fraction of sp³-hybridized carbons (Fsp3) is 0.261. The number of hydrazone groups is 1. The van der Waals surface area contributed by atoms with Crippen LogP contribution in [-0.4, -0.2) is 38.0 Å². The van der Waals surface area contributed by atoms with E-state index in [4.69, 9.17) is 14.9 Å². The third kappa shape index (κ3) is 3.80. The molecule has 0 atom stereocenters. The number of aromatic carboxylic acids is 1. The number of thioether (sulfide) groups is 1. The van der Waals surface area contributed by atoms with Gasteiger partial charge in [0.15, 0.2) is 5.84 Å². The fourth-order valence-electron chi connectivity index (χ4n) is 4.03. The lowest BCUT2D eigenvalue weighted by atomic mass is 9.90. The molecule has 3 heterocycles. The number of carbonyl (C=O) groups excluding carboxylic acids is 1. The molecule has 2 aromatic rings. The summed E-state index contributed by atoms with van der Waals surface area (Å²) in [4.78, 5) is 27.8. The lowest BCUT2D eigenvalue weighted by Crippen LogP contribution is -2.35. The Morgan fingerprint density at radius 2 is 1.91 bits per heavy atom. The van der Waals surface area contributed by atoms with Crippen molar-refractivity contribution in [3.05, 3.63) is 53.3 Å². The minimum atomic E-state index is -0.995. The van der Waals surface area contributed by atoms with Crippen LogP contribution in [0.25, 0.3) is 17.4 Å². The molecule has 1 amide bonds. The van der Waals surface area contributed by atoms with E-state index < -0.39 is 11.9 Å². The second kappa shape index (κ2) is 8.23. The van der Waals surface area contributed by atoms with Gasteiger partial charge in [-0.15, -0.1) is 0 Å². The highest BCUT2D eigenvalue weighted by molar-refractivity contribution is 8.27. The maximum Gasteiger partial charge on any atom is 0.335 e. The number of rotatable bonds is 4. The van der Waals surface area contributed by atoms with E-state index in [1.165, 1.54) is 54.2 Å². The largest absolute Gasteiger partial charge is 0.478 e. The number of hydrogen-bond donors (Lipinski definition) is 2. The van der Waals surface area contributed by atoms with Gasteiger partial charge in [-0.05, 0) is 54.9 Å². The molecule has 1 fully saturated rings. The number of carboxylic acid groups (broad SMARTS) is 1. The van der Waals surface area contributed by atoms with E-state index in [-0.39, 0.29) is 17.0 Å². The number of amidine groups is 2. The zero-order valence-corrected chi connectivity index (χ0v) is 17.9. The summed E-state index contributed by atoms with van der Waals surface area (Å²) in [5.41, 5.74) is 1.02.